The zero-order chi connectivity index (χ0) is 22.8. The average molecular weight is 498 g/mol. The van der Waals surface area contributed by atoms with Crippen LogP contribution in [0.4, 0.5) is 5.69 Å². The molecule has 2 heterocycles. The van der Waals surface area contributed by atoms with Crippen LogP contribution in [-0.2, 0) is 16.6 Å². The van der Waals surface area contributed by atoms with Crippen molar-refractivity contribution in [2.24, 2.45) is 0 Å². The van der Waals surface area contributed by atoms with Gasteiger partial charge in [0.05, 0.1) is 17.5 Å². The van der Waals surface area contributed by atoms with E-state index in [1.807, 2.05) is 24.3 Å². The van der Waals surface area contributed by atoms with Crippen molar-refractivity contribution in [3.63, 3.8) is 0 Å². The Morgan fingerprint density at radius 3 is 2.21 bits per heavy atom. The number of nitrogens with zero attached hydrogens (tertiary/aromatic N) is 3. The number of hydrogen-bond donors (Lipinski definition) is 0. The van der Waals surface area contributed by atoms with Gasteiger partial charge in [-0.05, 0) is 48.0 Å². The monoisotopic (exact) mass is 497 g/mol. The fraction of sp³-hybridized carbons (Fsp3) is 0.231. The van der Waals surface area contributed by atoms with Gasteiger partial charge in [-0.2, -0.15) is 0 Å². The Morgan fingerprint density at radius 2 is 1.53 bits per heavy atom. The Balaban J connectivity index is 0.00000274. The molecule has 0 radical (unpaired) electrons. The molecule has 8 heteroatoms. The largest absolute Gasteiger partial charge is 0.497 e. The minimum Gasteiger partial charge on any atom is -0.497 e. The molecule has 1 aromatic heterocycles. The highest BCUT2D eigenvalue weighted by Gasteiger charge is 2.23. The second-order valence-electron chi connectivity index (χ2n) is 8.25. The molecule has 1 aliphatic rings. The van der Waals surface area contributed by atoms with Gasteiger partial charge in [0, 0.05) is 50.0 Å². The summed E-state index contributed by atoms with van der Waals surface area (Å²) in [6.07, 6.45) is 1.65. The third-order valence-electron chi connectivity index (χ3n) is 6.25. The quantitative estimate of drug-likeness (QED) is 0.389. The van der Waals surface area contributed by atoms with E-state index < -0.39 is 10.0 Å². The fourth-order valence-corrected chi connectivity index (χ4v) is 5.81. The highest BCUT2D eigenvalue weighted by atomic mass is 35.5. The molecule has 3 aromatic carbocycles. The van der Waals surface area contributed by atoms with Crippen LogP contribution in [-0.4, -0.2) is 50.6 Å². The number of halogens is 1. The zero-order valence-corrected chi connectivity index (χ0v) is 20.6. The maximum atomic E-state index is 13.3. The fourth-order valence-electron chi connectivity index (χ4n) is 4.46. The minimum atomic E-state index is -3.70. The minimum absolute atomic E-state index is 0. The average Bonchev–Trinajstić information content (AvgIpc) is 3.31. The first kappa shape index (κ1) is 24.1. The van der Waals surface area contributed by atoms with Crippen molar-refractivity contribution in [2.45, 2.75) is 11.4 Å². The van der Waals surface area contributed by atoms with Gasteiger partial charge in [0.15, 0.2) is 0 Å². The number of aromatic nitrogens is 1. The number of piperazine rings is 1. The van der Waals surface area contributed by atoms with E-state index in [-0.39, 0.29) is 17.3 Å². The molecule has 1 fully saturated rings. The number of hydrogen-bond acceptors (Lipinski definition) is 5. The molecular formula is C26H28ClN3O3S. The summed E-state index contributed by atoms with van der Waals surface area (Å²) in [6, 6.07) is 24.8. The lowest BCUT2D eigenvalue weighted by atomic mass is 10.1. The lowest BCUT2D eigenvalue weighted by Crippen LogP contribution is -2.46. The predicted octanol–water partition coefficient (Wildman–Crippen LogP) is 4.63. The van der Waals surface area contributed by atoms with Crippen molar-refractivity contribution in [2.75, 3.05) is 38.2 Å². The van der Waals surface area contributed by atoms with Gasteiger partial charge in [0.25, 0.3) is 10.0 Å². The summed E-state index contributed by atoms with van der Waals surface area (Å²) in [5.74, 6) is 0.625. The lowest BCUT2D eigenvalue weighted by molar-refractivity contribution is 0.250. The highest BCUT2D eigenvalue weighted by molar-refractivity contribution is 7.90. The molecule has 1 aliphatic heterocycles. The van der Waals surface area contributed by atoms with Crippen molar-refractivity contribution in [3.8, 4) is 5.75 Å². The van der Waals surface area contributed by atoms with Gasteiger partial charge in [-0.15, -0.1) is 12.4 Å². The summed E-state index contributed by atoms with van der Waals surface area (Å²) in [5, 5.41) is 0.950. The van der Waals surface area contributed by atoms with E-state index in [2.05, 4.69) is 40.1 Å². The predicted molar refractivity (Wildman–Crippen MR) is 139 cm³/mol. The van der Waals surface area contributed by atoms with E-state index in [4.69, 9.17) is 4.74 Å². The first-order valence-electron chi connectivity index (χ1n) is 11.1. The van der Waals surface area contributed by atoms with Gasteiger partial charge >= 0.3 is 0 Å². The van der Waals surface area contributed by atoms with Crippen molar-refractivity contribution >= 4 is 39.0 Å². The van der Waals surface area contributed by atoms with E-state index in [1.165, 1.54) is 9.54 Å². The molecule has 0 atom stereocenters. The van der Waals surface area contributed by atoms with Crippen molar-refractivity contribution in [1.29, 1.82) is 0 Å². The van der Waals surface area contributed by atoms with Crippen LogP contribution in [0.25, 0.3) is 10.9 Å². The number of rotatable bonds is 6. The summed E-state index contributed by atoms with van der Waals surface area (Å²) in [5.41, 5.74) is 3.10. The number of benzene rings is 3. The first-order valence-corrected chi connectivity index (χ1v) is 12.5. The summed E-state index contributed by atoms with van der Waals surface area (Å²) < 4.78 is 33.2. The molecule has 0 N–H and O–H groups in total. The number of ether oxygens (including phenoxy) is 1. The van der Waals surface area contributed by atoms with Crippen LogP contribution in [0, 0.1) is 0 Å². The Hall–Kier alpha value is -3.00. The molecule has 0 spiro atoms. The van der Waals surface area contributed by atoms with Crippen LogP contribution in [0.15, 0.2) is 90.0 Å². The van der Waals surface area contributed by atoms with Crippen LogP contribution >= 0.6 is 12.4 Å². The standard InChI is InChI=1S/C26H27N3O3S.ClH/c1-32-22-10-12-23(13-11-22)33(30,31)29-15-14-24-25(8-5-9-26(24)29)28-18-16-27(17-19-28)20-21-6-3-2-4-7-21;/h2-15H,16-20H2,1H3;1H. The Labute approximate surface area is 206 Å². The van der Waals surface area contributed by atoms with Gasteiger partial charge in [-0.3, -0.25) is 4.90 Å². The van der Waals surface area contributed by atoms with E-state index in [1.54, 1.807) is 37.6 Å². The topological polar surface area (TPSA) is 54.8 Å². The zero-order valence-electron chi connectivity index (χ0n) is 19.0. The maximum absolute atomic E-state index is 13.3. The molecule has 0 saturated carbocycles. The van der Waals surface area contributed by atoms with Crippen LogP contribution in [0.2, 0.25) is 0 Å². The third kappa shape index (κ3) is 4.64. The molecule has 5 rings (SSSR count). The lowest BCUT2D eigenvalue weighted by Gasteiger charge is -2.36. The van der Waals surface area contributed by atoms with E-state index >= 15 is 0 Å². The van der Waals surface area contributed by atoms with Crippen LogP contribution in [0.1, 0.15) is 5.56 Å². The molecule has 6 nitrogen and oxygen atoms in total. The molecule has 34 heavy (non-hydrogen) atoms. The van der Waals surface area contributed by atoms with Crippen LogP contribution < -0.4 is 9.64 Å². The Bertz CT molecular complexity index is 1350. The second-order valence-corrected chi connectivity index (χ2v) is 10.1. The summed E-state index contributed by atoms with van der Waals surface area (Å²) in [4.78, 5) is 5.06. The molecule has 0 unspecified atom stereocenters. The van der Waals surface area contributed by atoms with Gasteiger partial charge in [-0.25, -0.2) is 12.4 Å². The molecule has 0 amide bonds. The SMILES string of the molecule is COc1ccc(S(=O)(=O)n2ccc3c(N4CCN(Cc5ccccc5)CC4)cccc32)cc1.Cl. The van der Waals surface area contributed by atoms with Gasteiger partial charge in [0.1, 0.15) is 5.75 Å². The van der Waals surface area contributed by atoms with Crippen molar-refractivity contribution in [1.82, 2.24) is 8.87 Å². The van der Waals surface area contributed by atoms with Crippen molar-refractivity contribution < 1.29 is 13.2 Å². The smallest absolute Gasteiger partial charge is 0.268 e. The van der Waals surface area contributed by atoms with E-state index in [0.29, 0.717) is 11.3 Å². The molecule has 1 saturated heterocycles. The number of methoxy groups -OCH3 is 1. The summed E-state index contributed by atoms with van der Waals surface area (Å²) in [6.45, 7) is 4.70. The van der Waals surface area contributed by atoms with E-state index in [9.17, 15) is 8.42 Å². The first-order chi connectivity index (χ1) is 16.1. The highest BCUT2D eigenvalue weighted by Crippen LogP contribution is 2.31. The van der Waals surface area contributed by atoms with Gasteiger partial charge < -0.3 is 9.64 Å². The van der Waals surface area contributed by atoms with Crippen LogP contribution in [0.5, 0.6) is 5.75 Å². The third-order valence-corrected chi connectivity index (χ3v) is 7.96. The normalized spacial score (nSPS) is 14.7. The van der Waals surface area contributed by atoms with Gasteiger partial charge in [0.2, 0.25) is 0 Å². The molecule has 178 valence electrons. The number of fused-ring (bicyclic) bond motifs is 1. The maximum Gasteiger partial charge on any atom is 0.268 e. The Kier molecular flexibility index (Phi) is 7.16. The van der Waals surface area contributed by atoms with E-state index in [0.717, 1.165) is 43.8 Å². The van der Waals surface area contributed by atoms with Crippen molar-refractivity contribution in [3.05, 3.63) is 90.6 Å². The summed E-state index contributed by atoms with van der Waals surface area (Å²) in [7, 11) is -2.14. The molecule has 0 aliphatic carbocycles. The van der Waals surface area contributed by atoms with Gasteiger partial charge in [-0.1, -0.05) is 36.4 Å². The molecule has 0 bridgehead atoms. The number of anilines is 1. The molecular weight excluding hydrogens is 470 g/mol. The second kappa shape index (κ2) is 10.1. The van der Waals surface area contributed by atoms with Crippen LogP contribution in [0.3, 0.4) is 0 Å². The summed E-state index contributed by atoms with van der Waals surface area (Å²) >= 11 is 0. The Morgan fingerprint density at radius 1 is 0.824 bits per heavy atom. The molecule has 4 aromatic rings.